The molecule has 1 rings (SSSR count). The van der Waals surface area contributed by atoms with E-state index in [1.165, 1.54) is 0 Å². The number of ether oxygens (including phenoxy) is 1. The molecule has 0 amide bonds. The average molecular weight is 207 g/mol. The third-order valence-electron chi connectivity index (χ3n) is 2.41. The Hall–Kier alpha value is -1.35. The van der Waals surface area contributed by atoms with Crippen molar-refractivity contribution in [2.45, 2.75) is 27.3 Å². The van der Waals surface area contributed by atoms with Crippen LogP contribution in [-0.4, -0.2) is 12.6 Å². The maximum atomic E-state index is 11.5. The molecule has 0 atom stereocenters. The van der Waals surface area contributed by atoms with Crippen molar-refractivity contribution in [2.75, 3.05) is 6.61 Å². The van der Waals surface area contributed by atoms with E-state index in [0.717, 1.165) is 16.7 Å². The van der Waals surface area contributed by atoms with Crippen LogP contribution in [0.5, 0.6) is 0 Å². The molecule has 0 aliphatic carbocycles. The first kappa shape index (κ1) is 11.7. The standard InChI is InChI=1S/C12H17NO2/c1-4-15-12(14)10-5-8(2)11(7-13)9(3)6-10/h5-6H,4,7,13H2,1-3H3. The lowest BCUT2D eigenvalue weighted by Gasteiger charge is -2.10. The van der Waals surface area contributed by atoms with Gasteiger partial charge in [-0.15, -0.1) is 0 Å². The molecular weight excluding hydrogens is 190 g/mol. The van der Waals surface area contributed by atoms with E-state index in [1.807, 2.05) is 26.0 Å². The molecule has 2 N–H and O–H groups in total. The second-order valence-corrected chi connectivity index (χ2v) is 3.51. The highest BCUT2D eigenvalue weighted by Crippen LogP contribution is 2.16. The molecule has 15 heavy (non-hydrogen) atoms. The van der Waals surface area contributed by atoms with Crippen molar-refractivity contribution < 1.29 is 9.53 Å². The van der Waals surface area contributed by atoms with Gasteiger partial charge in [0.25, 0.3) is 0 Å². The highest BCUT2D eigenvalue weighted by atomic mass is 16.5. The maximum absolute atomic E-state index is 11.5. The summed E-state index contributed by atoms with van der Waals surface area (Å²) in [5, 5.41) is 0. The van der Waals surface area contributed by atoms with Gasteiger partial charge in [-0.1, -0.05) is 0 Å². The van der Waals surface area contributed by atoms with E-state index in [2.05, 4.69) is 0 Å². The molecule has 0 aromatic heterocycles. The monoisotopic (exact) mass is 207 g/mol. The van der Waals surface area contributed by atoms with Crippen molar-refractivity contribution in [3.63, 3.8) is 0 Å². The predicted octanol–water partition coefficient (Wildman–Crippen LogP) is 1.94. The number of aryl methyl sites for hydroxylation is 2. The lowest BCUT2D eigenvalue weighted by molar-refractivity contribution is 0.0526. The molecule has 0 aliphatic rings. The van der Waals surface area contributed by atoms with Gasteiger partial charge >= 0.3 is 5.97 Å². The van der Waals surface area contributed by atoms with Crippen molar-refractivity contribution in [3.8, 4) is 0 Å². The normalized spacial score (nSPS) is 10.1. The third-order valence-corrected chi connectivity index (χ3v) is 2.41. The maximum Gasteiger partial charge on any atom is 0.338 e. The summed E-state index contributed by atoms with van der Waals surface area (Å²) in [5.74, 6) is -0.271. The molecule has 0 unspecified atom stereocenters. The van der Waals surface area contributed by atoms with Crippen LogP contribution in [0.4, 0.5) is 0 Å². The topological polar surface area (TPSA) is 52.3 Å². The highest BCUT2D eigenvalue weighted by Gasteiger charge is 2.10. The zero-order valence-corrected chi connectivity index (χ0v) is 9.46. The van der Waals surface area contributed by atoms with Crippen LogP contribution in [0.2, 0.25) is 0 Å². The van der Waals surface area contributed by atoms with Crippen LogP contribution in [0.3, 0.4) is 0 Å². The van der Waals surface area contributed by atoms with Gasteiger partial charge < -0.3 is 10.5 Å². The molecular formula is C12H17NO2. The Balaban J connectivity index is 3.08. The van der Waals surface area contributed by atoms with Crippen LogP contribution < -0.4 is 5.73 Å². The third kappa shape index (κ3) is 2.57. The quantitative estimate of drug-likeness (QED) is 0.770. The summed E-state index contributed by atoms with van der Waals surface area (Å²) >= 11 is 0. The molecule has 0 radical (unpaired) electrons. The van der Waals surface area contributed by atoms with Crippen molar-refractivity contribution in [3.05, 3.63) is 34.4 Å². The van der Waals surface area contributed by atoms with Gasteiger partial charge in [0.15, 0.2) is 0 Å². The number of carbonyl (C=O) groups is 1. The molecule has 0 heterocycles. The van der Waals surface area contributed by atoms with E-state index in [9.17, 15) is 4.79 Å². The smallest absolute Gasteiger partial charge is 0.338 e. The van der Waals surface area contributed by atoms with Crippen molar-refractivity contribution in [1.29, 1.82) is 0 Å². The van der Waals surface area contributed by atoms with Crippen LogP contribution in [-0.2, 0) is 11.3 Å². The second-order valence-electron chi connectivity index (χ2n) is 3.51. The Kier molecular flexibility index (Phi) is 3.86. The Morgan fingerprint density at radius 2 is 1.87 bits per heavy atom. The van der Waals surface area contributed by atoms with Crippen LogP contribution in [0.15, 0.2) is 12.1 Å². The summed E-state index contributed by atoms with van der Waals surface area (Å²) in [7, 11) is 0. The predicted molar refractivity (Wildman–Crippen MR) is 59.8 cm³/mol. The molecule has 3 nitrogen and oxygen atoms in total. The van der Waals surface area contributed by atoms with Crippen LogP contribution in [0.25, 0.3) is 0 Å². The number of rotatable bonds is 3. The van der Waals surface area contributed by atoms with E-state index in [-0.39, 0.29) is 5.97 Å². The largest absolute Gasteiger partial charge is 0.462 e. The summed E-state index contributed by atoms with van der Waals surface area (Å²) in [6.07, 6.45) is 0. The average Bonchev–Trinajstić information content (AvgIpc) is 2.17. The van der Waals surface area contributed by atoms with Crippen LogP contribution in [0.1, 0.15) is 34.0 Å². The molecule has 0 spiro atoms. The van der Waals surface area contributed by atoms with E-state index in [0.29, 0.717) is 18.7 Å². The summed E-state index contributed by atoms with van der Waals surface area (Å²) < 4.78 is 4.94. The number of hydrogen-bond acceptors (Lipinski definition) is 3. The molecule has 0 saturated heterocycles. The Morgan fingerprint density at radius 3 is 2.27 bits per heavy atom. The lowest BCUT2D eigenvalue weighted by atomic mass is 9.99. The molecule has 82 valence electrons. The molecule has 1 aromatic rings. The lowest BCUT2D eigenvalue weighted by Crippen LogP contribution is -2.08. The minimum absolute atomic E-state index is 0.271. The van der Waals surface area contributed by atoms with E-state index in [4.69, 9.17) is 10.5 Å². The highest BCUT2D eigenvalue weighted by molar-refractivity contribution is 5.90. The van der Waals surface area contributed by atoms with E-state index >= 15 is 0 Å². The summed E-state index contributed by atoms with van der Waals surface area (Å²) in [6.45, 7) is 6.61. The van der Waals surface area contributed by atoms with Gasteiger partial charge in [-0.2, -0.15) is 0 Å². The van der Waals surface area contributed by atoms with Gasteiger partial charge in [0.1, 0.15) is 0 Å². The Morgan fingerprint density at radius 1 is 1.33 bits per heavy atom. The summed E-state index contributed by atoms with van der Waals surface area (Å²) in [4.78, 5) is 11.5. The molecule has 0 aliphatic heterocycles. The minimum Gasteiger partial charge on any atom is -0.462 e. The van der Waals surface area contributed by atoms with Crippen molar-refractivity contribution in [1.82, 2.24) is 0 Å². The first-order valence-electron chi connectivity index (χ1n) is 5.07. The van der Waals surface area contributed by atoms with Crippen LogP contribution in [0, 0.1) is 13.8 Å². The number of carbonyl (C=O) groups excluding carboxylic acids is 1. The van der Waals surface area contributed by atoms with Gasteiger partial charge in [-0.25, -0.2) is 4.79 Å². The van der Waals surface area contributed by atoms with E-state index in [1.54, 1.807) is 6.92 Å². The van der Waals surface area contributed by atoms with E-state index < -0.39 is 0 Å². The van der Waals surface area contributed by atoms with Gasteiger partial charge in [0.05, 0.1) is 12.2 Å². The zero-order chi connectivity index (χ0) is 11.4. The Bertz CT molecular complexity index is 349. The first-order chi connectivity index (χ1) is 7.10. The number of nitrogens with two attached hydrogens (primary N) is 1. The van der Waals surface area contributed by atoms with Gasteiger partial charge in [-0.3, -0.25) is 0 Å². The van der Waals surface area contributed by atoms with Gasteiger partial charge in [-0.05, 0) is 49.6 Å². The minimum atomic E-state index is -0.271. The number of benzene rings is 1. The fourth-order valence-corrected chi connectivity index (χ4v) is 1.65. The molecule has 3 heteroatoms. The SMILES string of the molecule is CCOC(=O)c1cc(C)c(CN)c(C)c1. The summed E-state index contributed by atoms with van der Waals surface area (Å²) in [5.41, 5.74) is 9.41. The molecule has 0 saturated carbocycles. The van der Waals surface area contributed by atoms with Gasteiger partial charge in [0, 0.05) is 6.54 Å². The first-order valence-corrected chi connectivity index (χ1v) is 5.07. The fourth-order valence-electron chi connectivity index (χ4n) is 1.65. The molecule has 0 bridgehead atoms. The van der Waals surface area contributed by atoms with Crippen LogP contribution >= 0.6 is 0 Å². The molecule has 1 aromatic carbocycles. The number of esters is 1. The number of hydrogen-bond donors (Lipinski definition) is 1. The Labute approximate surface area is 90.2 Å². The van der Waals surface area contributed by atoms with Crippen molar-refractivity contribution >= 4 is 5.97 Å². The van der Waals surface area contributed by atoms with Crippen molar-refractivity contribution in [2.24, 2.45) is 5.73 Å². The van der Waals surface area contributed by atoms with Gasteiger partial charge in [0.2, 0.25) is 0 Å². The fraction of sp³-hybridized carbons (Fsp3) is 0.417. The molecule has 0 fully saturated rings. The zero-order valence-electron chi connectivity index (χ0n) is 9.46. The second kappa shape index (κ2) is 4.94. The summed E-state index contributed by atoms with van der Waals surface area (Å²) in [6, 6.07) is 3.65.